The van der Waals surface area contributed by atoms with Crippen LogP contribution in [0.3, 0.4) is 0 Å². The van der Waals surface area contributed by atoms with Crippen molar-refractivity contribution in [3.05, 3.63) is 29.3 Å². The van der Waals surface area contributed by atoms with Gasteiger partial charge >= 0.3 is 22.2 Å². The minimum Gasteiger partial charge on any atom is -0.478 e. The Morgan fingerprint density at radius 2 is 1.44 bits per heavy atom. The van der Waals surface area contributed by atoms with Crippen molar-refractivity contribution in [3.8, 4) is 0 Å². The molecule has 0 aliphatic carbocycles. The molecule has 9 nitrogen and oxygen atoms in total. The molecule has 0 unspecified atom stereocenters. The van der Waals surface area contributed by atoms with Crippen molar-refractivity contribution < 1.29 is 32.8 Å². The molecular weight excluding hydrogens is 268 g/mol. The first kappa shape index (κ1) is 13.7. The monoisotopic (exact) mass is 274 g/mol. The number of rotatable bonds is 4. The van der Waals surface area contributed by atoms with E-state index in [4.69, 9.17) is 14.8 Å². The van der Waals surface area contributed by atoms with E-state index in [-0.39, 0.29) is 5.69 Å². The summed E-state index contributed by atoms with van der Waals surface area (Å²) >= 11 is 0. The van der Waals surface area contributed by atoms with Crippen LogP contribution in [0.4, 0.5) is 5.69 Å². The van der Waals surface area contributed by atoms with Crippen molar-refractivity contribution in [2.24, 2.45) is 9.63 Å². The number of nitrogens with zero attached hydrogens (tertiary/aromatic N) is 2. The average molecular weight is 274 g/mol. The molecule has 0 saturated heterocycles. The predicted octanol–water partition coefficient (Wildman–Crippen LogP) is 0.970. The van der Waals surface area contributed by atoms with E-state index in [0.29, 0.717) is 0 Å². The Balaban J connectivity index is 3.32. The van der Waals surface area contributed by atoms with Crippen molar-refractivity contribution in [1.29, 1.82) is 0 Å². The smallest absolute Gasteiger partial charge is 0.396 e. The Kier molecular flexibility index (Phi) is 3.73. The Morgan fingerprint density at radius 3 is 1.78 bits per heavy atom. The van der Waals surface area contributed by atoms with Gasteiger partial charge in [-0.25, -0.2) is 9.59 Å². The van der Waals surface area contributed by atoms with Crippen LogP contribution in [0.1, 0.15) is 20.7 Å². The first-order valence-corrected chi connectivity index (χ1v) is 5.61. The summed E-state index contributed by atoms with van der Waals surface area (Å²) in [6, 6.07) is 2.68. The van der Waals surface area contributed by atoms with Crippen molar-refractivity contribution in [1.82, 2.24) is 0 Å². The first-order chi connectivity index (χ1) is 8.19. The highest BCUT2D eigenvalue weighted by Gasteiger charge is 2.11. The van der Waals surface area contributed by atoms with Crippen LogP contribution >= 0.6 is 0 Å². The number of hydrogen-bond donors (Lipinski definition) is 3. The van der Waals surface area contributed by atoms with Gasteiger partial charge in [0.05, 0.1) is 16.8 Å². The van der Waals surface area contributed by atoms with E-state index in [1.54, 1.807) is 0 Å². The summed E-state index contributed by atoms with van der Waals surface area (Å²) in [4.78, 5) is 21.4. The molecule has 0 aliphatic rings. The number of hydrogen-bond acceptors (Lipinski definition) is 5. The Labute approximate surface area is 100 Å². The van der Waals surface area contributed by atoms with E-state index in [2.05, 4.69) is 9.63 Å². The van der Waals surface area contributed by atoms with Gasteiger partial charge in [0.2, 0.25) is 0 Å². The summed E-state index contributed by atoms with van der Waals surface area (Å²) in [5.74, 6) is -2.83. The SMILES string of the molecule is O=C(O)c1cc(N=NS(=O)(=O)O)cc(C(=O)O)c1. The molecule has 0 atom stereocenters. The van der Waals surface area contributed by atoms with Crippen LogP contribution in [0.2, 0.25) is 0 Å². The summed E-state index contributed by atoms with van der Waals surface area (Å²) in [5, 5.41) is 20.4. The van der Waals surface area contributed by atoms with Crippen molar-refractivity contribution in [2.75, 3.05) is 0 Å². The second kappa shape index (κ2) is 4.89. The zero-order valence-electron chi connectivity index (χ0n) is 8.51. The molecular formula is C8H6N2O7S. The molecule has 0 heterocycles. The van der Waals surface area contributed by atoms with Crippen molar-refractivity contribution in [3.63, 3.8) is 0 Å². The molecule has 0 spiro atoms. The van der Waals surface area contributed by atoms with Crippen LogP contribution in [-0.4, -0.2) is 35.1 Å². The molecule has 0 saturated carbocycles. The first-order valence-electron chi connectivity index (χ1n) is 4.21. The molecule has 0 radical (unpaired) electrons. The Hall–Kier alpha value is -2.33. The second-order valence-electron chi connectivity index (χ2n) is 3.01. The van der Waals surface area contributed by atoms with E-state index in [1.807, 2.05) is 0 Å². The molecule has 0 amide bonds. The van der Waals surface area contributed by atoms with Crippen LogP contribution in [-0.2, 0) is 10.3 Å². The topological polar surface area (TPSA) is 154 Å². The molecule has 96 valence electrons. The van der Waals surface area contributed by atoms with E-state index in [1.165, 1.54) is 0 Å². The van der Waals surface area contributed by atoms with Gasteiger partial charge in [-0.05, 0) is 22.7 Å². The number of carboxylic acids is 2. The van der Waals surface area contributed by atoms with E-state index in [9.17, 15) is 18.0 Å². The number of benzene rings is 1. The normalized spacial score (nSPS) is 11.6. The highest BCUT2D eigenvalue weighted by atomic mass is 32.2. The molecule has 1 rings (SSSR count). The van der Waals surface area contributed by atoms with Crippen molar-refractivity contribution >= 4 is 27.9 Å². The molecule has 1 aromatic rings. The van der Waals surface area contributed by atoms with Crippen LogP contribution in [0.5, 0.6) is 0 Å². The molecule has 10 heteroatoms. The number of aromatic carboxylic acids is 2. The van der Waals surface area contributed by atoms with Crippen LogP contribution in [0, 0.1) is 0 Å². The van der Waals surface area contributed by atoms with E-state index >= 15 is 0 Å². The summed E-state index contributed by atoms with van der Waals surface area (Å²) in [6.45, 7) is 0. The lowest BCUT2D eigenvalue weighted by atomic mass is 10.1. The van der Waals surface area contributed by atoms with Gasteiger partial charge in [-0.3, -0.25) is 4.55 Å². The molecule has 0 fully saturated rings. The molecule has 0 aromatic heterocycles. The minimum absolute atomic E-state index is 0.329. The molecule has 0 aliphatic heterocycles. The fourth-order valence-electron chi connectivity index (χ4n) is 1.01. The standard InChI is InChI=1S/C8H6N2O7S/c11-7(12)4-1-5(8(13)14)3-6(2-4)9-10-18(15,16)17/h1-3H,(H,11,12)(H,13,14)(H,15,16,17). The van der Waals surface area contributed by atoms with Gasteiger partial charge in [0.15, 0.2) is 0 Å². The fourth-order valence-corrected chi connectivity index (χ4v) is 1.21. The Bertz CT molecular complexity index is 603. The summed E-state index contributed by atoms with van der Waals surface area (Å²) in [5.41, 5.74) is -1.14. The number of carboxylic acid groups (broad SMARTS) is 2. The van der Waals surface area contributed by atoms with Gasteiger partial charge in [-0.2, -0.15) is 8.42 Å². The lowest BCUT2D eigenvalue weighted by Gasteiger charge is -1.99. The second-order valence-corrected chi connectivity index (χ2v) is 4.07. The third kappa shape index (κ3) is 3.92. The molecule has 3 N–H and O–H groups in total. The zero-order chi connectivity index (χ0) is 13.9. The quantitative estimate of drug-likeness (QED) is 0.545. The predicted molar refractivity (Wildman–Crippen MR) is 56.4 cm³/mol. The van der Waals surface area contributed by atoms with Gasteiger partial charge < -0.3 is 10.2 Å². The van der Waals surface area contributed by atoms with Gasteiger partial charge in [0.25, 0.3) is 0 Å². The third-order valence-electron chi connectivity index (χ3n) is 1.67. The molecule has 18 heavy (non-hydrogen) atoms. The molecule has 1 aromatic carbocycles. The zero-order valence-corrected chi connectivity index (χ0v) is 9.33. The van der Waals surface area contributed by atoms with Gasteiger partial charge in [-0.15, -0.1) is 5.11 Å². The van der Waals surface area contributed by atoms with Gasteiger partial charge in [-0.1, -0.05) is 0 Å². The van der Waals surface area contributed by atoms with Crippen LogP contribution in [0.15, 0.2) is 27.8 Å². The van der Waals surface area contributed by atoms with Crippen LogP contribution < -0.4 is 0 Å². The van der Waals surface area contributed by atoms with Crippen LogP contribution in [0.25, 0.3) is 0 Å². The average Bonchev–Trinajstić information content (AvgIpc) is 2.25. The summed E-state index contributed by atoms with van der Waals surface area (Å²) < 4.78 is 31.4. The fraction of sp³-hybridized carbons (Fsp3) is 0. The lowest BCUT2D eigenvalue weighted by molar-refractivity contribution is 0.0696. The molecule has 0 bridgehead atoms. The minimum atomic E-state index is -4.73. The van der Waals surface area contributed by atoms with E-state index < -0.39 is 33.4 Å². The maximum Gasteiger partial charge on any atom is 0.396 e. The Morgan fingerprint density at radius 1 is 1.00 bits per heavy atom. The van der Waals surface area contributed by atoms with E-state index in [0.717, 1.165) is 18.2 Å². The number of carbonyl (C=O) groups is 2. The van der Waals surface area contributed by atoms with Crippen molar-refractivity contribution in [2.45, 2.75) is 0 Å². The third-order valence-corrected chi connectivity index (χ3v) is 1.96. The highest BCUT2D eigenvalue weighted by Crippen LogP contribution is 2.19. The lowest BCUT2D eigenvalue weighted by Crippen LogP contribution is -2.01. The largest absolute Gasteiger partial charge is 0.478 e. The van der Waals surface area contributed by atoms with Gasteiger partial charge in [0.1, 0.15) is 0 Å². The maximum absolute atomic E-state index is 10.7. The van der Waals surface area contributed by atoms with Gasteiger partial charge in [0, 0.05) is 0 Å². The summed E-state index contributed by atoms with van der Waals surface area (Å²) in [6.07, 6.45) is 0. The summed E-state index contributed by atoms with van der Waals surface area (Å²) in [7, 11) is -4.73. The maximum atomic E-state index is 10.7. The highest BCUT2D eigenvalue weighted by molar-refractivity contribution is 7.84.